The molecule has 1 aromatic carbocycles. The molecule has 120 valence electrons. The lowest BCUT2D eigenvalue weighted by atomic mass is 10.2. The minimum absolute atomic E-state index is 0.748. The highest BCUT2D eigenvalue weighted by Crippen LogP contribution is 2.18. The Kier molecular flexibility index (Phi) is 11.5. The molecule has 0 aliphatic heterocycles. The number of ether oxygens (including phenoxy) is 3. The monoisotopic (exact) mass is 313 g/mol. The third kappa shape index (κ3) is 9.87. The van der Waals surface area contributed by atoms with E-state index in [0.717, 1.165) is 51.7 Å². The van der Waals surface area contributed by atoms with Crippen LogP contribution in [0, 0.1) is 0 Å². The van der Waals surface area contributed by atoms with E-state index in [0.29, 0.717) is 0 Å². The Morgan fingerprint density at radius 1 is 0.952 bits per heavy atom. The van der Waals surface area contributed by atoms with Gasteiger partial charge in [-0.2, -0.15) is 0 Å². The summed E-state index contributed by atoms with van der Waals surface area (Å²) in [6.45, 7) is 4.85. The average Bonchev–Trinajstić information content (AvgIpc) is 2.52. The van der Waals surface area contributed by atoms with E-state index in [2.05, 4.69) is 29.6 Å². The Morgan fingerprint density at radius 2 is 1.71 bits per heavy atom. The van der Waals surface area contributed by atoms with Gasteiger partial charge in [0.2, 0.25) is 0 Å². The maximum absolute atomic E-state index is 5.53. The van der Waals surface area contributed by atoms with Gasteiger partial charge in [0.25, 0.3) is 0 Å². The molecule has 0 radical (unpaired) electrons. The first kappa shape index (κ1) is 18.5. The van der Waals surface area contributed by atoms with Crippen LogP contribution in [-0.4, -0.2) is 52.9 Å². The van der Waals surface area contributed by atoms with Crippen LogP contribution in [-0.2, 0) is 20.8 Å². The third-order valence-corrected chi connectivity index (χ3v) is 3.85. The van der Waals surface area contributed by atoms with Crippen molar-refractivity contribution in [1.82, 2.24) is 5.32 Å². The van der Waals surface area contributed by atoms with Gasteiger partial charge >= 0.3 is 0 Å². The van der Waals surface area contributed by atoms with E-state index in [4.69, 9.17) is 14.2 Å². The molecular weight excluding hydrogens is 286 g/mol. The van der Waals surface area contributed by atoms with E-state index in [1.54, 1.807) is 14.2 Å². The number of methoxy groups -OCH3 is 2. The maximum Gasteiger partial charge on any atom is 0.0587 e. The quantitative estimate of drug-likeness (QED) is 0.448. The summed E-state index contributed by atoms with van der Waals surface area (Å²) in [6.07, 6.45) is 0.964. The first-order chi connectivity index (χ1) is 10.4. The van der Waals surface area contributed by atoms with Crippen LogP contribution in [0.4, 0.5) is 0 Å². The maximum atomic E-state index is 5.53. The Morgan fingerprint density at radius 3 is 2.43 bits per heavy atom. The summed E-state index contributed by atoms with van der Waals surface area (Å²) in [4.78, 5) is 1.29. The Bertz CT molecular complexity index is 346. The summed E-state index contributed by atoms with van der Waals surface area (Å²) >= 11 is 1.83. The van der Waals surface area contributed by atoms with Gasteiger partial charge in [0.05, 0.1) is 13.2 Å². The van der Waals surface area contributed by atoms with Gasteiger partial charge in [-0.3, -0.25) is 0 Å². The standard InChI is InChI=1S/C16H27NO3S/c1-18-9-3-10-20-12-13-21-16-6-4-15(5-7-16)14-17-8-11-19-2/h4-7,17H,3,8-14H2,1-2H3. The normalized spacial score (nSPS) is 11.0. The lowest BCUT2D eigenvalue weighted by Gasteiger charge is -2.06. The molecule has 1 rings (SSSR count). The highest BCUT2D eigenvalue weighted by atomic mass is 32.2. The van der Waals surface area contributed by atoms with Gasteiger partial charge in [-0.05, 0) is 24.1 Å². The first-order valence-corrected chi connectivity index (χ1v) is 8.33. The molecule has 0 aliphatic rings. The Balaban J connectivity index is 2.07. The molecule has 0 unspecified atom stereocenters. The zero-order valence-electron chi connectivity index (χ0n) is 13.1. The van der Waals surface area contributed by atoms with Gasteiger partial charge in [-0.25, -0.2) is 0 Å². The van der Waals surface area contributed by atoms with E-state index in [1.165, 1.54) is 10.5 Å². The largest absolute Gasteiger partial charge is 0.385 e. The number of thioether (sulfide) groups is 1. The van der Waals surface area contributed by atoms with Gasteiger partial charge in [-0.15, -0.1) is 11.8 Å². The lowest BCUT2D eigenvalue weighted by Crippen LogP contribution is -2.18. The summed E-state index contributed by atoms with van der Waals surface area (Å²) in [5.41, 5.74) is 1.30. The molecule has 1 aromatic rings. The minimum Gasteiger partial charge on any atom is -0.385 e. The smallest absolute Gasteiger partial charge is 0.0587 e. The topological polar surface area (TPSA) is 39.7 Å². The van der Waals surface area contributed by atoms with E-state index < -0.39 is 0 Å². The number of hydrogen-bond donors (Lipinski definition) is 1. The van der Waals surface area contributed by atoms with Crippen LogP contribution in [0.3, 0.4) is 0 Å². The number of benzene rings is 1. The average molecular weight is 313 g/mol. The number of rotatable bonds is 13. The van der Waals surface area contributed by atoms with Crippen molar-refractivity contribution in [2.75, 3.05) is 52.9 Å². The molecule has 4 nitrogen and oxygen atoms in total. The lowest BCUT2D eigenvalue weighted by molar-refractivity contribution is 0.113. The number of nitrogens with one attached hydrogen (secondary N) is 1. The van der Waals surface area contributed by atoms with Crippen LogP contribution in [0.5, 0.6) is 0 Å². The molecule has 0 saturated heterocycles. The Labute approximate surface area is 132 Å². The van der Waals surface area contributed by atoms with Crippen molar-refractivity contribution in [3.05, 3.63) is 29.8 Å². The zero-order valence-corrected chi connectivity index (χ0v) is 13.9. The fourth-order valence-corrected chi connectivity index (χ4v) is 2.50. The fraction of sp³-hybridized carbons (Fsp3) is 0.625. The summed E-state index contributed by atoms with van der Waals surface area (Å²) < 4.78 is 15.5. The van der Waals surface area contributed by atoms with Gasteiger partial charge < -0.3 is 19.5 Å². The van der Waals surface area contributed by atoms with E-state index in [1.807, 2.05) is 11.8 Å². The fourth-order valence-electron chi connectivity index (χ4n) is 1.74. The molecule has 0 atom stereocenters. The van der Waals surface area contributed by atoms with Crippen LogP contribution in [0.25, 0.3) is 0 Å². The second kappa shape index (κ2) is 13.1. The second-order valence-corrected chi connectivity index (χ2v) is 5.79. The summed E-state index contributed by atoms with van der Waals surface area (Å²) in [5.74, 6) is 0.985. The predicted octanol–water partition coefficient (Wildman–Crippen LogP) is 2.57. The van der Waals surface area contributed by atoms with Crippen molar-refractivity contribution in [2.45, 2.75) is 17.9 Å². The molecular formula is C16H27NO3S. The molecule has 0 saturated carbocycles. The summed E-state index contributed by atoms with van der Waals surface area (Å²) in [6, 6.07) is 8.68. The van der Waals surface area contributed by atoms with Gasteiger partial charge in [0.1, 0.15) is 0 Å². The SMILES string of the molecule is COCCCOCCSc1ccc(CNCCOC)cc1. The van der Waals surface area contributed by atoms with Crippen LogP contribution in [0.1, 0.15) is 12.0 Å². The first-order valence-electron chi connectivity index (χ1n) is 7.35. The molecule has 5 heteroatoms. The van der Waals surface area contributed by atoms with Crippen molar-refractivity contribution in [3.8, 4) is 0 Å². The van der Waals surface area contributed by atoms with Crippen molar-refractivity contribution in [1.29, 1.82) is 0 Å². The Hall–Kier alpha value is -0.590. The van der Waals surface area contributed by atoms with E-state index in [9.17, 15) is 0 Å². The highest BCUT2D eigenvalue weighted by molar-refractivity contribution is 7.99. The van der Waals surface area contributed by atoms with Crippen molar-refractivity contribution >= 4 is 11.8 Å². The molecule has 21 heavy (non-hydrogen) atoms. The molecule has 0 aliphatic carbocycles. The molecule has 0 aromatic heterocycles. The van der Waals surface area contributed by atoms with Gasteiger partial charge in [-0.1, -0.05) is 12.1 Å². The number of hydrogen-bond acceptors (Lipinski definition) is 5. The van der Waals surface area contributed by atoms with Crippen molar-refractivity contribution < 1.29 is 14.2 Å². The van der Waals surface area contributed by atoms with Gasteiger partial charge in [0.15, 0.2) is 0 Å². The molecule has 0 spiro atoms. The minimum atomic E-state index is 0.748. The van der Waals surface area contributed by atoms with Crippen molar-refractivity contribution in [2.24, 2.45) is 0 Å². The molecule has 1 N–H and O–H groups in total. The van der Waals surface area contributed by atoms with Gasteiger partial charge in [0, 0.05) is 51.2 Å². The summed E-state index contributed by atoms with van der Waals surface area (Å²) in [7, 11) is 3.43. The van der Waals surface area contributed by atoms with Crippen molar-refractivity contribution in [3.63, 3.8) is 0 Å². The summed E-state index contributed by atoms with van der Waals surface area (Å²) in [5, 5.41) is 3.34. The van der Waals surface area contributed by atoms with Crippen LogP contribution >= 0.6 is 11.8 Å². The van der Waals surface area contributed by atoms with E-state index in [-0.39, 0.29) is 0 Å². The van der Waals surface area contributed by atoms with E-state index >= 15 is 0 Å². The molecule has 0 amide bonds. The molecule has 0 heterocycles. The van der Waals surface area contributed by atoms with Crippen LogP contribution in [0.15, 0.2) is 29.2 Å². The second-order valence-electron chi connectivity index (χ2n) is 4.62. The van der Waals surface area contributed by atoms with Crippen LogP contribution < -0.4 is 5.32 Å². The molecule has 0 bridgehead atoms. The molecule has 0 fully saturated rings. The predicted molar refractivity (Wildman–Crippen MR) is 88.1 cm³/mol. The zero-order chi connectivity index (χ0) is 15.2. The van der Waals surface area contributed by atoms with Crippen LogP contribution in [0.2, 0.25) is 0 Å². The third-order valence-electron chi connectivity index (χ3n) is 2.87. The highest BCUT2D eigenvalue weighted by Gasteiger charge is 1.97.